The Kier molecular flexibility index (Phi) is 4.25. The van der Waals surface area contributed by atoms with E-state index in [1.165, 1.54) is 0 Å². The molecular weight excluding hydrogens is 240 g/mol. The molecule has 2 saturated heterocycles. The number of rotatable bonds is 1. The average molecular weight is 262 g/mol. The van der Waals surface area contributed by atoms with E-state index in [1.807, 2.05) is 0 Å². The van der Waals surface area contributed by atoms with Gasteiger partial charge in [-0.25, -0.2) is 0 Å². The second kappa shape index (κ2) is 5.40. The van der Waals surface area contributed by atoms with Crippen LogP contribution in [-0.2, 0) is 9.47 Å². The molecule has 2 aliphatic rings. The van der Waals surface area contributed by atoms with Crippen molar-refractivity contribution in [2.75, 3.05) is 0 Å². The molecule has 2 aliphatic heterocycles. The topological polar surface area (TPSA) is 99.4 Å². The maximum absolute atomic E-state index is 9.74. The Hall–Kier alpha value is -0.240. The molecule has 4 N–H and O–H groups in total. The first-order chi connectivity index (χ1) is 8.40. The van der Waals surface area contributed by atoms with E-state index < -0.39 is 36.6 Å². The highest BCUT2D eigenvalue weighted by molar-refractivity contribution is 4.92. The summed E-state index contributed by atoms with van der Waals surface area (Å²) in [6.07, 6.45) is -4.62. The normalized spacial score (nSPS) is 54.3. The van der Waals surface area contributed by atoms with Crippen LogP contribution in [0.2, 0.25) is 0 Å². The van der Waals surface area contributed by atoms with Crippen LogP contribution in [0.5, 0.6) is 0 Å². The summed E-state index contributed by atoms with van der Waals surface area (Å²) in [7, 11) is 0. The Morgan fingerprint density at radius 3 is 1.33 bits per heavy atom. The van der Waals surface area contributed by atoms with Gasteiger partial charge in [0.25, 0.3) is 0 Å². The van der Waals surface area contributed by atoms with E-state index in [0.717, 1.165) is 0 Å². The minimum absolute atomic E-state index is 0.270. The van der Waals surface area contributed by atoms with Crippen LogP contribution >= 0.6 is 0 Å². The van der Waals surface area contributed by atoms with Crippen molar-refractivity contribution in [1.29, 1.82) is 0 Å². The van der Waals surface area contributed by atoms with Crippen LogP contribution in [0.15, 0.2) is 0 Å². The Balaban J connectivity index is 2.00. The predicted molar refractivity (Wildman–Crippen MR) is 61.9 cm³/mol. The fourth-order valence-electron chi connectivity index (χ4n) is 2.68. The molecule has 6 heteroatoms. The maximum atomic E-state index is 9.74. The molecule has 8 atom stereocenters. The van der Waals surface area contributed by atoms with Crippen molar-refractivity contribution in [1.82, 2.24) is 0 Å². The summed E-state index contributed by atoms with van der Waals surface area (Å²) < 4.78 is 11.2. The SMILES string of the molecule is CC1O[C@@H]([C@H]2C[C@@H](O)[C@H](O)C(C)O2)C[C@@H](O)[C@@H]1O. The Bertz CT molecular complexity index is 234. The van der Waals surface area contributed by atoms with Gasteiger partial charge >= 0.3 is 0 Å². The van der Waals surface area contributed by atoms with Crippen molar-refractivity contribution in [2.45, 2.75) is 75.5 Å². The van der Waals surface area contributed by atoms with Crippen LogP contribution in [0.4, 0.5) is 0 Å². The first-order valence-electron chi connectivity index (χ1n) is 6.43. The fourth-order valence-corrected chi connectivity index (χ4v) is 2.68. The first kappa shape index (κ1) is 14.2. The molecule has 18 heavy (non-hydrogen) atoms. The van der Waals surface area contributed by atoms with E-state index in [9.17, 15) is 20.4 Å². The molecule has 0 aromatic heterocycles. The molecule has 0 bridgehead atoms. The summed E-state index contributed by atoms with van der Waals surface area (Å²) in [5.74, 6) is 0. The van der Waals surface area contributed by atoms with Crippen LogP contribution in [0, 0.1) is 0 Å². The van der Waals surface area contributed by atoms with E-state index >= 15 is 0 Å². The zero-order valence-electron chi connectivity index (χ0n) is 10.6. The third kappa shape index (κ3) is 2.68. The van der Waals surface area contributed by atoms with Crippen molar-refractivity contribution >= 4 is 0 Å². The highest BCUT2D eigenvalue weighted by Crippen LogP contribution is 2.30. The van der Waals surface area contributed by atoms with E-state index in [-0.39, 0.29) is 25.0 Å². The number of hydrogen-bond donors (Lipinski definition) is 4. The quantitative estimate of drug-likeness (QED) is 0.473. The predicted octanol–water partition coefficient (Wildman–Crippen LogP) is -1.22. The van der Waals surface area contributed by atoms with E-state index in [1.54, 1.807) is 13.8 Å². The molecule has 0 aromatic rings. The summed E-state index contributed by atoms with van der Waals surface area (Å²) in [4.78, 5) is 0. The molecule has 6 nitrogen and oxygen atoms in total. The van der Waals surface area contributed by atoms with Crippen molar-refractivity contribution < 1.29 is 29.9 Å². The lowest BCUT2D eigenvalue weighted by Crippen LogP contribution is -2.56. The summed E-state index contributed by atoms with van der Waals surface area (Å²) in [5.41, 5.74) is 0. The smallest absolute Gasteiger partial charge is 0.106 e. The van der Waals surface area contributed by atoms with Crippen molar-refractivity contribution in [2.24, 2.45) is 0 Å². The summed E-state index contributed by atoms with van der Waals surface area (Å²) in [6.45, 7) is 3.38. The number of aliphatic hydroxyl groups excluding tert-OH is 4. The van der Waals surface area contributed by atoms with Gasteiger partial charge in [0.2, 0.25) is 0 Å². The van der Waals surface area contributed by atoms with Crippen molar-refractivity contribution in [3.05, 3.63) is 0 Å². The molecule has 0 saturated carbocycles. The molecule has 0 radical (unpaired) electrons. The zero-order chi connectivity index (χ0) is 13.4. The van der Waals surface area contributed by atoms with Crippen LogP contribution in [0.3, 0.4) is 0 Å². The van der Waals surface area contributed by atoms with Gasteiger partial charge < -0.3 is 29.9 Å². The van der Waals surface area contributed by atoms with Crippen molar-refractivity contribution in [3.8, 4) is 0 Å². The van der Waals surface area contributed by atoms with E-state index in [4.69, 9.17) is 9.47 Å². The zero-order valence-corrected chi connectivity index (χ0v) is 10.6. The Morgan fingerprint density at radius 2 is 1.06 bits per heavy atom. The third-order valence-corrected chi connectivity index (χ3v) is 3.89. The van der Waals surface area contributed by atoms with Gasteiger partial charge in [-0.1, -0.05) is 0 Å². The minimum atomic E-state index is -0.891. The van der Waals surface area contributed by atoms with Crippen molar-refractivity contribution in [3.63, 3.8) is 0 Å². The van der Waals surface area contributed by atoms with E-state index in [2.05, 4.69) is 0 Å². The molecule has 2 heterocycles. The molecule has 2 unspecified atom stereocenters. The minimum Gasteiger partial charge on any atom is -0.390 e. The van der Waals surface area contributed by atoms with Gasteiger partial charge in [-0.05, 0) is 13.8 Å². The van der Waals surface area contributed by atoms with Gasteiger partial charge in [0.05, 0.1) is 36.6 Å². The molecule has 2 rings (SSSR count). The lowest BCUT2D eigenvalue weighted by molar-refractivity contribution is -0.235. The number of ether oxygens (including phenoxy) is 2. The molecule has 0 aliphatic carbocycles. The molecular formula is C12H22O6. The summed E-state index contributed by atoms with van der Waals surface area (Å²) in [5, 5.41) is 38.7. The molecule has 0 aromatic carbocycles. The van der Waals surface area contributed by atoms with Crippen LogP contribution in [0.1, 0.15) is 26.7 Å². The van der Waals surface area contributed by atoms with Crippen LogP contribution in [0.25, 0.3) is 0 Å². The lowest BCUT2D eigenvalue weighted by Gasteiger charge is -2.43. The lowest BCUT2D eigenvalue weighted by atomic mass is 9.90. The van der Waals surface area contributed by atoms with Gasteiger partial charge in [-0.2, -0.15) is 0 Å². The fraction of sp³-hybridized carbons (Fsp3) is 1.00. The largest absolute Gasteiger partial charge is 0.390 e. The van der Waals surface area contributed by atoms with Gasteiger partial charge in [-0.15, -0.1) is 0 Å². The standard InChI is InChI=1S/C12H22O6/c1-5-11(15)7(13)3-9(17-5)10-4-8(14)12(16)6(2)18-10/h5-16H,3-4H2,1-2H3/t5?,6?,7-,8-,9-,10-,11-,12-/m1/s1. The second-order valence-electron chi connectivity index (χ2n) is 5.35. The van der Waals surface area contributed by atoms with Gasteiger partial charge in [0.1, 0.15) is 12.2 Å². The average Bonchev–Trinajstić information content (AvgIpc) is 2.31. The molecule has 0 amide bonds. The molecule has 0 spiro atoms. The van der Waals surface area contributed by atoms with Crippen LogP contribution in [-0.4, -0.2) is 69.3 Å². The number of aliphatic hydroxyl groups is 4. The molecule has 2 fully saturated rings. The summed E-state index contributed by atoms with van der Waals surface area (Å²) >= 11 is 0. The number of hydrogen-bond acceptors (Lipinski definition) is 6. The highest BCUT2D eigenvalue weighted by atomic mass is 16.6. The van der Waals surface area contributed by atoms with Gasteiger partial charge in [0, 0.05) is 12.8 Å². The highest BCUT2D eigenvalue weighted by Gasteiger charge is 2.43. The van der Waals surface area contributed by atoms with Crippen LogP contribution < -0.4 is 0 Å². The third-order valence-electron chi connectivity index (χ3n) is 3.89. The first-order valence-corrected chi connectivity index (χ1v) is 6.43. The second-order valence-corrected chi connectivity index (χ2v) is 5.35. The maximum Gasteiger partial charge on any atom is 0.106 e. The van der Waals surface area contributed by atoms with E-state index in [0.29, 0.717) is 0 Å². The monoisotopic (exact) mass is 262 g/mol. The molecule has 106 valence electrons. The van der Waals surface area contributed by atoms with Gasteiger partial charge in [-0.3, -0.25) is 0 Å². The Labute approximate surface area is 106 Å². The van der Waals surface area contributed by atoms with Gasteiger partial charge in [0.15, 0.2) is 0 Å². The summed E-state index contributed by atoms with van der Waals surface area (Å²) in [6, 6.07) is 0. The Morgan fingerprint density at radius 1 is 0.722 bits per heavy atom.